The fraction of sp³-hybridized carbons (Fsp3) is 0.0526. The van der Waals surface area contributed by atoms with Crippen molar-refractivity contribution >= 4 is 22.5 Å². The fourth-order valence-corrected chi connectivity index (χ4v) is 2.72. The number of rotatable bonds is 3. The van der Waals surface area contributed by atoms with Crippen LogP contribution in [0.3, 0.4) is 0 Å². The number of fused-ring (bicyclic) bond motifs is 1. The number of nitrogens with zero attached hydrogens (tertiary/aromatic N) is 3. The van der Waals surface area contributed by atoms with Gasteiger partial charge in [-0.25, -0.2) is 4.39 Å². The maximum Gasteiger partial charge on any atom is 0.256 e. The highest BCUT2D eigenvalue weighted by Crippen LogP contribution is 2.22. The van der Waals surface area contributed by atoms with Gasteiger partial charge in [-0.3, -0.25) is 9.78 Å². The summed E-state index contributed by atoms with van der Waals surface area (Å²) >= 11 is 0. The summed E-state index contributed by atoms with van der Waals surface area (Å²) in [5.74, 6) is -0.281. The average molecular weight is 348 g/mol. The number of nitrogens with one attached hydrogen (secondary N) is 1. The molecule has 7 heteroatoms. The molecule has 0 unspecified atom stereocenters. The molecule has 0 fully saturated rings. The Labute approximate surface area is 147 Å². The van der Waals surface area contributed by atoms with Crippen molar-refractivity contribution in [2.75, 3.05) is 5.32 Å². The van der Waals surface area contributed by atoms with E-state index in [1.54, 1.807) is 43.3 Å². The number of carbonyl (C=O) groups excluding carboxylic acids is 1. The van der Waals surface area contributed by atoms with Gasteiger partial charge in [-0.15, -0.1) is 10.2 Å². The van der Waals surface area contributed by atoms with Crippen LogP contribution in [0.1, 0.15) is 16.1 Å². The number of hydrogen-bond acceptors (Lipinski definition) is 5. The zero-order chi connectivity index (χ0) is 18.1. The van der Waals surface area contributed by atoms with Crippen LogP contribution in [0.15, 0.2) is 59.3 Å². The maximum absolute atomic E-state index is 13.4. The topological polar surface area (TPSA) is 80.9 Å². The summed E-state index contributed by atoms with van der Waals surface area (Å²) in [7, 11) is 0. The number of benzene rings is 2. The molecule has 0 aliphatic rings. The molecule has 26 heavy (non-hydrogen) atoms. The molecule has 2 aromatic carbocycles. The summed E-state index contributed by atoms with van der Waals surface area (Å²) in [5.41, 5.74) is 2.89. The Bertz CT molecular complexity index is 1090. The molecule has 0 atom stereocenters. The summed E-state index contributed by atoms with van der Waals surface area (Å²) in [5, 5.41) is 10.9. The summed E-state index contributed by atoms with van der Waals surface area (Å²) in [4.78, 5) is 17.0. The summed E-state index contributed by atoms with van der Waals surface area (Å²) in [6.07, 6.45) is 1.25. The van der Waals surface area contributed by atoms with Gasteiger partial charge < -0.3 is 9.73 Å². The molecule has 2 aromatic heterocycles. The average Bonchev–Trinajstić information content (AvgIpc) is 3.16. The molecule has 0 saturated heterocycles. The van der Waals surface area contributed by atoms with Gasteiger partial charge in [0.2, 0.25) is 12.3 Å². The van der Waals surface area contributed by atoms with Crippen LogP contribution in [-0.2, 0) is 0 Å². The van der Waals surface area contributed by atoms with Crippen LogP contribution in [0.2, 0.25) is 0 Å². The molecular weight excluding hydrogens is 335 g/mol. The lowest BCUT2D eigenvalue weighted by molar-refractivity contribution is 0.102. The van der Waals surface area contributed by atoms with Crippen molar-refractivity contribution in [1.29, 1.82) is 0 Å². The van der Waals surface area contributed by atoms with E-state index in [1.165, 1.54) is 18.5 Å². The number of halogens is 1. The highest BCUT2D eigenvalue weighted by molar-refractivity contribution is 6.12. The van der Waals surface area contributed by atoms with Gasteiger partial charge in [0.1, 0.15) is 5.82 Å². The van der Waals surface area contributed by atoms with Crippen LogP contribution in [0.4, 0.5) is 10.1 Å². The van der Waals surface area contributed by atoms with Gasteiger partial charge in [-0.2, -0.15) is 0 Å². The molecule has 1 amide bonds. The number of amides is 1. The van der Waals surface area contributed by atoms with E-state index >= 15 is 0 Å². The maximum atomic E-state index is 13.4. The first-order valence-corrected chi connectivity index (χ1v) is 7.85. The molecular formula is C19H13FN4O2. The van der Waals surface area contributed by atoms with Gasteiger partial charge in [-0.05, 0) is 49.4 Å². The first kappa shape index (κ1) is 15.9. The summed E-state index contributed by atoms with van der Waals surface area (Å²) in [6.45, 7) is 1.76. The van der Waals surface area contributed by atoms with Crippen LogP contribution < -0.4 is 5.32 Å². The highest BCUT2D eigenvalue weighted by Gasteiger charge is 2.13. The number of hydrogen-bond donors (Lipinski definition) is 1. The van der Waals surface area contributed by atoms with Crippen molar-refractivity contribution in [1.82, 2.24) is 15.2 Å². The first-order valence-electron chi connectivity index (χ1n) is 7.85. The third kappa shape index (κ3) is 3.02. The van der Waals surface area contributed by atoms with E-state index in [-0.39, 0.29) is 5.91 Å². The van der Waals surface area contributed by atoms with Gasteiger partial charge in [0.25, 0.3) is 5.91 Å². The molecule has 0 aliphatic carbocycles. The smallest absolute Gasteiger partial charge is 0.256 e. The molecule has 0 radical (unpaired) electrons. The van der Waals surface area contributed by atoms with Crippen LogP contribution >= 0.6 is 0 Å². The monoisotopic (exact) mass is 348 g/mol. The minimum Gasteiger partial charge on any atom is -0.423 e. The fourth-order valence-electron chi connectivity index (χ4n) is 2.72. The minimum absolute atomic E-state index is 0.294. The van der Waals surface area contributed by atoms with Crippen molar-refractivity contribution in [3.8, 4) is 11.5 Å². The molecule has 0 spiro atoms. The Morgan fingerprint density at radius 3 is 2.65 bits per heavy atom. The predicted octanol–water partition coefficient (Wildman–Crippen LogP) is 3.98. The molecule has 2 heterocycles. The van der Waals surface area contributed by atoms with E-state index in [0.29, 0.717) is 33.7 Å². The Balaban J connectivity index is 1.63. The molecule has 4 rings (SSSR count). The Morgan fingerprint density at radius 2 is 1.92 bits per heavy atom. The van der Waals surface area contributed by atoms with Gasteiger partial charge in [0.05, 0.1) is 11.1 Å². The molecule has 4 aromatic rings. The highest BCUT2D eigenvalue weighted by atomic mass is 19.1. The lowest BCUT2D eigenvalue weighted by Crippen LogP contribution is -2.13. The van der Waals surface area contributed by atoms with Crippen molar-refractivity contribution < 1.29 is 13.6 Å². The summed E-state index contributed by atoms with van der Waals surface area (Å²) < 4.78 is 18.6. The van der Waals surface area contributed by atoms with E-state index in [9.17, 15) is 9.18 Å². The van der Waals surface area contributed by atoms with Crippen LogP contribution in [0.5, 0.6) is 0 Å². The van der Waals surface area contributed by atoms with Crippen molar-refractivity contribution in [3.63, 3.8) is 0 Å². The second-order valence-electron chi connectivity index (χ2n) is 5.75. The quantitative estimate of drug-likeness (QED) is 0.605. The Morgan fingerprint density at radius 1 is 1.12 bits per heavy atom. The lowest BCUT2D eigenvalue weighted by atomic mass is 10.1. The number of pyridine rings is 1. The van der Waals surface area contributed by atoms with Crippen LogP contribution in [-0.4, -0.2) is 21.1 Å². The van der Waals surface area contributed by atoms with Crippen LogP contribution in [0.25, 0.3) is 22.4 Å². The zero-order valence-corrected chi connectivity index (χ0v) is 13.7. The van der Waals surface area contributed by atoms with Gasteiger partial charge >= 0.3 is 0 Å². The molecule has 1 N–H and O–H groups in total. The predicted molar refractivity (Wildman–Crippen MR) is 94.1 cm³/mol. The van der Waals surface area contributed by atoms with Gasteiger partial charge in [0.15, 0.2) is 0 Å². The molecule has 6 nitrogen and oxygen atoms in total. The minimum atomic E-state index is -0.390. The third-order valence-electron chi connectivity index (χ3n) is 3.89. The Kier molecular flexibility index (Phi) is 3.89. The van der Waals surface area contributed by atoms with Gasteiger partial charge in [-0.1, -0.05) is 0 Å². The Hall–Kier alpha value is -3.61. The normalized spacial score (nSPS) is 10.8. The molecule has 0 saturated carbocycles. The van der Waals surface area contributed by atoms with E-state index in [4.69, 9.17) is 4.42 Å². The van der Waals surface area contributed by atoms with E-state index in [1.807, 2.05) is 0 Å². The lowest BCUT2D eigenvalue weighted by Gasteiger charge is -2.09. The second-order valence-corrected chi connectivity index (χ2v) is 5.75. The molecule has 128 valence electrons. The number of carbonyl (C=O) groups is 1. The van der Waals surface area contributed by atoms with E-state index in [2.05, 4.69) is 20.5 Å². The summed E-state index contributed by atoms with van der Waals surface area (Å²) in [6, 6.07) is 12.9. The van der Waals surface area contributed by atoms with Gasteiger partial charge in [0, 0.05) is 28.4 Å². The number of anilines is 1. The number of aryl methyl sites for hydroxylation is 1. The van der Waals surface area contributed by atoms with E-state index in [0.717, 1.165) is 5.56 Å². The third-order valence-corrected chi connectivity index (χ3v) is 3.89. The van der Waals surface area contributed by atoms with Crippen molar-refractivity contribution in [2.24, 2.45) is 0 Å². The zero-order valence-electron chi connectivity index (χ0n) is 13.7. The van der Waals surface area contributed by atoms with Crippen LogP contribution in [0, 0.1) is 12.7 Å². The van der Waals surface area contributed by atoms with Crippen molar-refractivity contribution in [3.05, 3.63) is 72.0 Å². The molecule has 0 aliphatic heterocycles. The second kappa shape index (κ2) is 6.36. The standard InChI is InChI=1S/C19H13FN4O2/c1-11-8-16(15-7-4-13(20)9-17(15)22-11)18(25)23-14-5-2-12(3-6-14)19-24-21-10-26-19/h2-10H,1H3,(H,23,25). The SMILES string of the molecule is Cc1cc(C(=O)Nc2ccc(-c3nnco3)cc2)c2ccc(F)cc2n1. The van der Waals surface area contributed by atoms with E-state index < -0.39 is 5.82 Å². The van der Waals surface area contributed by atoms with Crippen molar-refractivity contribution in [2.45, 2.75) is 6.92 Å². The number of aromatic nitrogens is 3. The first-order chi connectivity index (χ1) is 12.6. The largest absolute Gasteiger partial charge is 0.423 e. The molecule has 0 bridgehead atoms.